The molecule has 0 bridgehead atoms. The first-order valence-corrected chi connectivity index (χ1v) is 15.5. The maximum absolute atomic E-state index is 13.2. The number of thiazole rings is 1. The minimum Gasteiger partial charge on any atom is -0.340 e. The topological polar surface area (TPSA) is 85.8 Å². The van der Waals surface area contributed by atoms with E-state index in [0.717, 1.165) is 19.6 Å². The summed E-state index contributed by atoms with van der Waals surface area (Å²) in [6, 6.07) is 14.9. The van der Waals surface area contributed by atoms with E-state index in [-0.39, 0.29) is 47.2 Å². The number of nitrogens with one attached hydrogen (secondary N) is 1. The van der Waals surface area contributed by atoms with Crippen LogP contribution in [0.2, 0.25) is 10.0 Å². The lowest BCUT2D eigenvalue weighted by Crippen LogP contribution is -2.49. The molecule has 222 valence electrons. The Bertz CT molecular complexity index is 1400. The van der Waals surface area contributed by atoms with Crippen molar-refractivity contribution in [2.45, 2.75) is 20.3 Å². The van der Waals surface area contributed by atoms with E-state index in [1.807, 2.05) is 36.9 Å². The third-order valence-electron chi connectivity index (χ3n) is 6.70. The van der Waals surface area contributed by atoms with Gasteiger partial charge < -0.3 is 15.1 Å². The van der Waals surface area contributed by atoms with Gasteiger partial charge in [-0.1, -0.05) is 79.5 Å². The van der Waals surface area contributed by atoms with E-state index < -0.39 is 0 Å². The van der Waals surface area contributed by atoms with E-state index in [9.17, 15) is 14.4 Å². The fourth-order valence-electron chi connectivity index (χ4n) is 4.62. The van der Waals surface area contributed by atoms with Gasteiger partial charge >= 0.3 is 0 Å². The zero-order valence-electron chi connectivity index (χ0n) is 23.8. The molecule has 1 N–H and O–H groups in total. The molecule has 0 radical (unpaired) electrons. The molecule has 4 rings (SSSR count). The van der Waals surface area contributed by atoms with E-state index in [4.69, 9.17) is 23.2 Å². The van der Waals surface area contributed by atoms with Crippen molar-refractivity contribution in [3.8, 4) is 0 Å². The Hall–Kier alpha value is -3.24. The van der Waals surface area contributed by atoms with Crippen molar-refractivity contribution >= 4 is 63.5 Å². The van der Waals surface area contributed by atoms with Gasteiger partial charge in [-0.05, 0) is 29.7 Å². The molecule has 2 heterocycles. The summed E-state index contributed by atoms with van der Waals surface area (Å²) in [6.45, 7) is 7.97. The Labute approximate surface area is 260 Å². The smallest absolute Gasteiger partial charge is 0.255 e. The lowest BCUT2D eigenvalue weighted by molar-refractivity contribution is -0.132. The summed E-state index contributed by atoms with van der Waals surface area (Å²) in [5.41, 5.74) is 2.07. The van der Waals surface area contributed by atoms with E-state index in [0.29, 0.717) is 35.5 Å². The van der Waals surface area contributed by atoms with E-state index in [1.54, 1.807) is 17.5 Å². The van der Waals surface area contributed by atoms with Crippen molar-refractivity contribution in [2.24, 2.45) is 5.92 Å². The van der Waals surface area contributed by atoms with Crippen LogP contribution in [0, 0.1) is 5.92 Å². The third-order valence-corrected chi connectivity index (χ3v) is 8.05. The van der Waals surface area contributed by atoms with Gasteiger partial charge in [0, 0.05) is 49.7 Å². The summed E-state index contributed by atoms with van der Waals surface area (Å²) >= 11 is 13.5. The van der Waals surface area contributed by atoms with E-state index in [2.05, 4.69) is 39.5 Å². The molecule has 3 aromatic rings. The lowest BCUT2D eigenvalue weighted by Gasteiger charge is -2.34. The van der Waals surface area contributed by atoms with Crippen LogP contribution in [0.25, 0.3) is 6.08 Å². The Morgan fingerprint density at radius 1 is 1.07 bits per heavy atom. The standard InChI is InChI=1S/C31H35Cl2N5O3S/c1-22(2)19-38(30(41)26-11-10-24(32)17-27(26)33)20-28(39)35-31-34-25(21-42-31)18-29(40)37-15-13-36(14-16-37)12-6-9-23-7-4-3-5-8-23/h3-11,17,21-22H,12-16,18-20H2,1-2H3,(H,34,35,39)/b9-6+. The number of hydrogen-bond acceptors (Lipinski definition) is 6. The molecule has 8 nitrogen and oxygen atoms in total. The highest BCUT2D eigenvalue weighted by Gasteiger charge is 2.24. The average molecular weight is 629 g/mol. The number of piperazine rings is 1. The van der Waals surface area contributed by atoms with Gasteiger partial charge in [0.25, 0.3) is 5.91 Å². The van der Waals surface area contributed by atoms with Crippen LogP contribution >= 0.6 is 34.5 Å². The minimum atomic E-state index is -0.376. The number of halogens is 2. The van der Waals surface area contributed by atoms with Crippen LogP contribution in [0.1, 0.15) is 35.5 Å². The van der Waals surface area contributed by atoms with Gasteiger partial charge in [0.2, 0.25) is 11.8 Å². The van der Waals surface area contributed by atoms with Crippen LogP contribution in [0.5, 0.6) is 0 Å². The third kappa shape index (κ3) is 9.39. The van der Waals surface area contributed by atoms with Gasteiger partial charge in [0.05, 0.1) is 22.7 Å². The molecular weight excluding hydrogens is 593 g/mol. The van der Waals surface area contributed by atoms with Crippen molar-refractivity contribution in [3.63, 3.8) is 0 Å². The number of carbonyl (C=O) groups is 3. The van der Waals surface area contributed by atoms with Gasteiger partial charge in [-0.15, -0.1) is 11.3 Å². The molecule has 0 saturated carbocycles. The van der Waals surface area contributed by atoms with E-state index in [1.165, 1.54) is 27.9 Å². The van der Waals surface area contributed by atoms with Gasteiger partial charge in [-0.2, -0.15) is 0 Å². The monoisotopic (exact) mass is 627 g/mol. The maximum atomic E-state index is 13.2. The van der Waals surface area contributed by atoms with Crippen molar-refractivity contribution in [2.75, 3.05) is 51.1 Å². The summed E-state index contributed by atoms with van der Waals surface area (Å²) in [5, 5.41) is 5.60. The van der Waals surface area contributed by atoms with Crippen LogP contribution in [0.4, 0.5) is 5.13 Å². The molecule has 42 heavy (non-hydrogen) atoms. The summed E-state index contributed by atoms with van der Waals surface area (Å²) < 4.78 is 0. The lowest BCUT2D eigenvalue weighted by atomic mass is 10.1. The molecule has 0 unspecified atom stereocenters. The molecule has 0 atom stereocenters. The molecule has 0 aliphatic carbocycles. The largest absolute Gasteiger partial charge is 0.340 e. The second-order valence-corrected chi connectivity index (χ2v) is 12.3. The van der Waals surface area contributed by atoms with Crippen LogP contribution in [0.15, 0.2) is 60.0 Å². The van der Waals surface area contributed by atoms with Gasteiger partial charge in [0.15, 0.2) is 5.13 Å². The quantitative estimate of drug-likeness (QED) is 0.300. The van der Waals surface area contributed by atoms with Crippen molar-refractivity contribution < 1.29 is 14.4 Å². The first-order valence-electron chi connectivity index (χ1n) is 13.9. The number of rotatable bonds is 11. The summed E-state index contributed by atoms with van der Waals surface area (Å²) in [7, 11) is 0. The predicted molar refractivity (Wildman–Crippen MR) is 170 cm³/mol. The van der Waals surface area contributed by atoms with E-state index >= 15 is 0 Å². The normalized spacial score (nSPS) is 14.0. The molecule has 1 saturated heterocycles. The van der Waals surface area contributed by atoms with Crippen LogP contribution in [-0.2, 0) is 16.0 Å². The highest BCUT2D eigenvalue weighted by molar-refractivity contribution is 7.13. The molecule has 1 aliphatic heterocycles. The van der Waals surface area contributed by atoms with Crippen molar-refractivity contribution in [3.05, 3.63) is 86.9 Å². The summed E-state index contributed by atoms with van der Waals surface area (Å²) in [6.07, 6.45) is 4.45. The molecule has 1 fully saturated rings. The minimum absolute atomic E-state index is 0.0196. The highest BCUT2D eigenvalue weighted by atomic mass is 35.5. The van der Waals surface area contributed by atoms with Crippen LogP contribution < -0.4 is 5.32 Å². The Kier molecular flexibility index (Phi) is 11.5. The molecule has 11 heteroatoms. The maximum Gasteiger partial charge on any atom is 0.255 e. The molecule has 1 aromatic heterocycles. The first-order chi connectivity index (χ1) is 20.2. The fourth-order valence-corrected chi connectivity index (χ4v) is 5.84. The molecule has 1 aliphatic rings. The first kappa shape index (κ1) is 31.7. The zero-order valence-corrected chi connectivity index (χ0v) is 26.1. The number of nitrogens with zero attached hydrogens (tertiary/aromatic N) is 4. The number of aromatic nitrogens is 1. The summed E-state index contributed by atoms with van der Waals surface area (Å²) in [5.74, 6) is -0.568. The SMILES string of the molecule is CC(C)CN(CC(=O)Nc1nc(CC(=O)N2CCN(C/C=C/c3ccccc3)CC2)cs1)C(=O)c1ccc(Cl)cc1Cl. The Balaban J connectivity index is 1.25. The predicted octanol–water partition coefficient (Wildman–Crippen LogP) is 5.59. The van der Waals surface area contributed by atoms with Gasteiger partial charge in [-0.25, -0.2) is 4.98 Å². The van der Waals surface area contributed by atoms with Gasteiger partial charge in [-0.3, -0.25) is 19.3 Å². The number of hydrogen-bond donors (Lipinski definition) is 1. The number of amides is 3. The zero-order chi connectivity index (χ0) is 30.1. The molecule has 0 spiro atoms. The highest BCUT2D eigenvalue weighted by Crippen LogP contribution is 2.23. The fraction of sp³-hybridized carbons (Fsp3) is 0.355. The molecular formula is C31H35Cl2N5O3S. The Morgan fingerprint density at radius 3 is 2.50 bits per heavy atom. The second kappa shape index (κ2) is 15.3. The molecule has 3 amide bonds. The molecule has 2 aromatic carbocycles. The van der Waals surface area contributed by atoms with Gasteiger partial charge in [0.1, 0.15) is 6.54 Å². The number of anilines is 1. The average Bonchev–Trinajstić information content (AvgIpc) is 3.39. The second-order valence-electron chi connectivity index (χ2n) is 10.6. The summed E-state index contributed by atoms with van der Waals surface area (Å²) in [4.78, 5) is 49.1. The number of benzene rings is 2. The van der Waals surface area contributed by atoms with Crippen molar-refractivity contribution in [1.29, 1.82) is 0 Å². The van der Waals surface area contributed by atoms with Crippen LogP contribution in [0.3, 0.4) is 0 Å². The Morgan fingerprint density at radius 2 is 1.81 bits per heavy atom. The number of carbonyl (C=O) groups excluding carboxylic acids is 3. The van der Waals surface area contributed by atoms with Crippen molar-refractivity contribution in [1.82, 2.24) is 19.7 Å². The van der Waals surface area contributed by atoms with Crippen LogP contribution in [-0.4, -0.2) is 83.2 Å².